The topological polar surface area (TPSA) is 55.1 Å². The maximum Gasteiger partial charge on any atom is 0.229 e. The van der Waals surface area contributed by atoms with Crippen LogP contribution in [0.3, 0.4) is 0 Å². The Morgan fingerprint density at radius 1 is 1.17 bits per heavy atom. The molecule has 1 saturated carbocycles. The third-order valence-electron chi connectivity index (χ3n) is 4.20. The Hall–Kier alpha value is -2.05. The molecule has 0 N–H and O–H groups in total. The van der Waals surface area contributed by atoms with E-state index in [0.29, 0.717) is 12.5 Å². The molecule has 0 spiro atoms. The first-order valence-corrected chi connectivity index (χ1v) is 9.24. The predicted octanol–water partition coefficient (Wildman–Crippen LogP) is 4.09. The molecule has 24 heavy (non-hydrogen) atoms. The highest BCUT2D eigenvalue weighted by molar-refractivity contribution is 7.09. The van der Waals surface area contributed by atoms with Gasteiger partial charge >= 0.3 is 0 Å². The molecule has 5 nitrogen and oxygen atoms in total. The van der Waals surface area contributed by atoms with Gasteiger partial charge in [-0.3, -0.25) is 4.90 Å². The Balaban J connectivity index is 1.41. The molecule has 124 valence electrons. The average molecular weight is 340 g/mol. The third-order valence-corrected chi connectivity index (χ3v) is 5.04. The molecule has 2 heterocycles. The van der Waals surface area contributed by atoms with E-state index in [1.54, 1.807) is 11.3 Å². The minimum absolute atomic E-state index is 0.508. The van der Waals surface area contributed by atoms with Gasteiger partial charge in [0.2, 0.25) is 5.89 Å². The molecule has 6 heteroatoms. The van der Waals surface area contributed by atoms with Gasteiger partial charge < -0.3 is 4.52 Å². The fourth-order valence-electron chi connectivity index (χ4n) is 2.62. The highest BCUT2D eigenvalue weighted by Crippen LogP contribution is 2.38. The van der Waals surface area contributed by atoms with Gasteiger partial charge in [0.15, 0.2) is 5.82 Å². The van der Waals surface area contributed by atoms with Crippen LogP contribution in [0.1, 0.15) is 42.4 Å². The van der Waals surface area contributed by atoms with E-state index in [0.717, 1.165) is 41.1 Å². The lowest BCUT2D eigenvalue weighted by molar-refractivity contribution is 0.258. The zero-order valence-corrected chi connectivity index (χ0v) is 14.5. The zero-order chi connectivity index (χ0) is 16.4. The summed E-state index contributed by atoms with van der Waals surface area (Å²) < 4.78 is 5.35. The number of benzene rings is 1. The van der Waals surface area contributed by atoms with E-state index in [1.807, 2.05) is 18.2 Å². The SMILES string of the molecule is CCN(Cc1noc(C2CC2)n1)Cc1nc(-c2ccccc2)cs1. The molecule has 0 bridgehead atoms. The van der Waals surface area contributed by atoms with Crippen LogP contribution >= 0.6 is 11.3 Å². The first-order valence-electron chi connectivity index (χ1n) is 8.36. The van der Waals surface area contributed by atoms with Crippen molar-refractivity contribution in [3.63, 3.8) is 0 Å². The van der Waals surface area contributed by atoms with Crippen molar-refractivity contribution in [3.05, 3.63) is 52.4 Å². The van der Waals surface area contributed by atoms with Crippen LogP contribution in [0.2, 0.25) is 0 Å². The second kappa shape index (κ2) is 6.83. The molecule has 1 aliphatic rings. The van der Waals surface area contributed by atoms with Crippen LogP contribution in [0.25, 0.3) is 11.3 Å². The Bertz CT molecular complexity index is 794. The summed E-state index contributed by atoms with van der Waals surface area (Å²) >= 11 is 1.70. The molecular weight excluding hydrogens is 320 g/mol. The molecule has 1 aromatic carbocycles. The van der Waals surface area contributed by atoms with E-state index >= 15 is 0 Å². The molecular formula is C18H20N4OS. The number of rotatable bonds is 7. The summed E-state index contributed by atoms with van der Waals surface area (Å²) in [6.45, 7) is 4.58. The zero-order valence-electron chi connectivity index (χ0n) is 13.7. The van der Waals surface area contributed by atoms with Crippen LogP contribution in [-0.2, 0) is 13.1 Å². The van der Waals surface area contributed by atoms with Gasteiger partial charge in [-0.1, -0.05) is 42.4 Å². The largest absolute Gasteiger partial charge is 0.339 e. The van der Waals surface area contributed by atoms with Gasteiger partial charge in [-0.2, -0.15) is 4.98 Å². The van der Waals surface area contributed by atoms with Crippen LogP contribution in [0, 0.1) is 0 Å². The second-order valence-corrected chi connectivity index (χ2v) is 7.06. The molecule has 0 atom stereocenters. The van der Waals surface area contributed by atoms with Crippen molar-refractivity contribution in [2.45, 2.75) is 38.8 Å². The molecule has 0 amide bonds. The number of thiazole rings is 1. The molecule has 4 rings (SSSR count). The number of aromatic nitrogens is 3. The summed E-state index contributed by atoms with van der Waals surface area (Å²) in [6, 6.07) is 10.3. The van der Waals surface area contributed by atoms with E-state index in [2.05, 4.69) is 39.5 Å². The molecule has 0 unspecified atom stereocenters. The maximum atomic E-state index is 5.35. The van der Waals surface area contributed by atoms with Crippen molar-refractivity contribution in [2.75, 3.05) is 6.54 Å². The molecule has 0 saturated heterocycles. The van der Waals surface area contributed by atoms with Crippen molar-refractivity contribution in [1.82, 2.24) is 20.0 Å². The third kappa shape index (κ3) is 3.55. The summed E-state index contributed by atoms with van der Waals surface area (Å²) in [5.41, 5.74) is 2.21. The summed E-state index contributed by atoms with van der Waals surface area (Å²) in [4.78, 5) is 11.6. The lowest BCUT2D eigenvalue weighted by atomic mass is 10.2. The fraction of sp³-hybridized carbons (Fsp3) is 0.389. The van der Waals surface area contributed by atoms with Crippen LogP contribution < -0.4 is 0 Å². The molecule has 1 aliphatic carbocycles. The van der Waals surface area contributed by atoms with Crippen LogP contribution in [0.4, 0.5) is 0 Å². The van der Waals surface area contributed by atoms with Gasteiger partial charge in [0.25, 0.3) is 0 Å². The number of hydrogen-bond donors (Lipinski definition) is 0. The highest BCUT2D eigenvalue weighted by Gasteiger charge is 2.29. The molecule has 2 aromatic heterocycles. The molecule has 1 fully saturated rings. The fourth-order valence-corrected chi connectivity index (χ4v) is 3.47. The van der Waals surface area contributed by atoms with Gasteiger partial charge in [-0.15, -0.1) is 11.3 Å². The van der Waals surface area contributed by atoms with Gasteiger partial charge in [0, 0.05) is 16.9 Å². The number of hydrogen-bond acceptors (Lipinski definition) is 6. The average Bonchev–Trinajstić information content (AvgIpc) is 3.19. The Morgan fingerprint density at radius 2 is 2.00 bits per heavy atom. The van der Waals surface area contributed by atoms with Crippen molar-refractivity contribution < 1.29 is 4.52 Å². The summed E-state index contributed by atoms with van der Waals surface area (Å²) in [7, 11) is 0. The monoisotopic (exact) mass is 340 g/mol. The summed E-state index contributed by atoms with van der Waals surface area (Å²) in [6.07, 6.45) is 2.36. The van der Waals surface area contributed by atoms with E-state index in [1.165, 1.54) is 12.8 Å². The van der Waals surface area contributed by atoms with E-state index in [4.69, 9.17) is 9.51 Å². The lowest BCUT2D eigenvalue weighted by Gasteiger charge is -2.16. The van der Waals surface area contributed by atoms with Gasteiger partial charge in [-0.25, -0.2) is 4.98 Å². The van der Waals surface area contributed by atoms with Crippen molar-refractivity contribution in [2.24, 2.45) is 0 Å². The highest BCUT2D eigenvalue weighted by atomic mass is 32.1. The van der Waals surface area contributed by atoms with Gasteiger partial charge in [-0.05, 0) is 19.4 Å². The summed E-state index contributed by atoms with van der Waals surface area (Å²) in [5.74, 6) is 2.09. The standard InChI is InChI=1S/C18H20N4OS/c1-2-22(10-16-20-18(23-21-16)14-8-9-14)11-17-19-15(12-24-17)13-6-4-3-5-7-13/h3-7,12,14H,2,8-11H2,1H3. The van der Waals surface area contributed by atoms with Gasteiger partial charge in [0.1, 0.15) is 5.01 Å². The molecule has 0 radical (unpaired) electrons. The van der Waals surface area contributed by atoms with Crippen molar-refractivity contribution in [1.29, 1.82) is 0 Å². The van der Waals surface area contributed by atoms with E-state index in [9.17, 15) is 0 Å². The van der Waals surface area contributed by atoms with Crippen molar-refractivity contribution >= 4 is 11.3 Å². The minimum Gasteiger partial charge on any atom is -0.339 e. The normalized spacial score (nSPS) is 14.4. The second-order valence-electron chi connectivity index (χ2n) is 6.12. The predicted molar refractivity (Wildman–Crippen MR) is 93.6 cm³/mol. The van der Waals surface area contributed by atoms with Crippen LogP contribution in [-0.4, -0.2) is 26.6 Å². The smallest absolute Gasteiger partial charge is 0.229 e. The Morgan fingerprint density at radius 3 is 2.75 bits per heavy atom. The molecule has 3 aromatic rings. The van der Waals surface area contributed by atoms with Crippen LogP contribution in [0.15, 0.2) is 40.2 Å². The number of nitrogens with zero attached hydrogens (tertiary/aromatic N) is 4. The summed E-state index contributed by atoms with van der Waals surface area (Å²) in [5, 5.41) is 7.35. The Labute approximate surface area is 145 Å². The van der Waals surface area contributed by atoms with Gasteiger partial charge in [0.05, 0.1) is 18.8 Å². The first kappa shape index (κ1) is 15.5. The van der Waals surface area contributed by atoms with E-state index in [-0.39, 0.29) is 0 Å². The first-order chi connectivity index (χ1) is 11.8. The maximum absolute atomic E-state index is 5.35. The van der Waals surface area contributed by atoms with Crippen molar-refractivity contribution in [3.8, 4) is 11.3 Å². The minimum atomic E-state index is 0.508. The lowest BCUT2D eigenvalue weighted by Crippen LogP contribution is -2.22. The Kier molecular flexibility index (Phi) is 4.40. The quantitative estimate of drug-likeness (QED) is 0.648. The van der Waals surface area contributed by atoms with E-state index < -0.39 is 0 Å². The molecule has 0 aliphatic heterocycles. The van der Waals surface area contributed by atoms with Crippen LogP contribution in [0.5, 0.6) is 0 Å².